The monoisotopic (exact) mass is 314 g/mol. The highest BCUT2D eigenvalue weighted by Crippen LogP contribution is 2.24. The predicted octanol–water partition coefficient (Wildman–Crippen LogP) is 3.31. The summed E-state index contributed by atoms with van der Waals surface area (Å²) in [6, 6.07) is 13.4. The molecule has 1 aromatic carbocycles. The molecule has 0 aliphatic carbocycles. The number of pyridine rings is 2. The van der Waals surface area contributed by atoms with E-state index in [1.165, 1.54) is 0 Å². The minimum atomic E-state index is -0.188. The fourth-order valence-corrected chi connectivity index (χ4v) is 2.35. The molecule has 3 nitrogen and oxygen atoms in total. The van der Waals surface area contributed by atoms with Crippen molar-refractivity contribution < 1.29 is 0 Å². The maximum Gasteiger partial charge on any atom is 0.279 e. The van der Waals surface area contributed by atoms with E-state index >= 15 is 0 Å². The molecule has 0 fully saturated rings. The molecule has 0 bridgehead atoms. The fraction of sp³-hybridized carbons (Fsp3) is 0.0667. The van der Waals surface area contributed by atoms with Crippen molar-refractivity contribution in [3.05, 3.63) is 63.5 Å². The van der Waals surface area contributed by atoms with Crippen molar-refractivity contribution in [3.63, 3.8) is 0 Å². The Hall–Kier alpha value is -1.94. The van der Waals surface area contributed by atoms with E-state index in [9.17, 15) is 4.79 Å². The van der Waals surface area contributed by atoms with Crippen LogP contribution >= 0.6 is 15.9 Å². The van der Waals surface area contributed by atoms with Crippen LogP contribution in [-0.2, 0) is 7.05 Å². The highest BCUT2D eigenvalue weighted by molar-refractivity contribution is 9.10. The molecule has 2 heterocycles. The maximum absolute atomic E-state index is 12.1. The quantitative estimate of drug-likeness (QED) is 0.690. The van der Waals surface area contributed by atoms with Gasteiger partial charge in [-0.05, 0) is 30.3 Å². The molecule has 1 aromatic rings. The summed E-state index contributed by atoms with van der Waals surface area (Å²) in [7, 11) is 1.92. The van der Waals surface area contributed by atoms with Crippen LogP contribution in [0, 0.1) is 0 Å². The summed E-state index contributed by atoms with van der Waals surface area (Å²) in [6.45, 7) is 0. The summed E-state index contributed by atoms with van der Waals surface area (Å²) < 4.78 is 2.94. The summed E-state index contributed by atoms with van der Waals surface area (Å²) in [5, 5.41) is 0. The SMILES string of the molecule is Cn1cccc2c(=O)nc(-c3ccc(Br)cc3)cc1-2. The van der Waals surface area contributed by atoms with Gasteiger partial charge in [-0.25, -0.2) is 4.98 Å². The van der Waals surface area contributed by atoms with Crippen LogP contribution in [0.5, 0.6) is 0 Å². The number of rotatable bonds is 1. The summed E-state index contributed by atoms with van der Waals surface area (Å²) >= 11 is 3.40. The third kappa shape index (κ3) is 2.19. The van der Waals surface area contributed by atoms with Crippen LogP contribution in [0.3, 0.4) is 0 Å². The first-order valence-corrected chi connectivity index (χ1v) is 6.67. The standard InChI is InChI=1S/C15H11BrN2O/c1-18-8-2-3-12-14(18)9-13(17-15(12)19)10-4-6-11(16)7-5-10/h2-9H,1H3. The number of hydrogen-bond acceptors (Lipinski definition) is 2. The molecular formula is C15H11BrN2O. The van der Waals surface area contributed by atoms with Crippen molar-refractivity contribution in [2.24, 2.45) is 7.05 Å². The number of aromatic nitrogens is 2. The van der Waals surface area contributed by atoms with Crippen LogP contribution < -0.4 is 5.56 Å². The predicted molar refractivity (Wildman–Crippen MR) is 79.2 cm³/mol. The van der Waals surface area contributed by atoms with Crippen molar-refractivity contribution in [3.8, 4) is 22.5 Å². The zero-order valence-corrected chi connectivity index (χ0v) is 11.9. The molecule has 0 radical (unpaired) electrons. The minimum absolute atomic E-state index is 0.188. The first-order chi connectivity index (χ1) is 9.15. The Bertz CT molecular complexity index is 762. The molecule has 0 saturated carbocycles. The van der Waals surface area contributed by atoms with Gasteiger partial charge in [0.15, 0.2) is 0 Å². The van der Waals surface area contributed by atoms with E-state index in [0.29, 0.717) is 11.3 Å². The topological polar surface area (TPSA) is 34.9 Å². The molecule has 0 atom stereocenters. The van der Waals surface area contributed by atoms with Crippen LogP contribution in [0.1, 0.15) is 0 Å². The third-order valence-corrected chi connectivity index (χ3v) is 3.62. The van der Waals surface area contributed by atoms with Crippen LogP contribution in [0.25, 0.3) is 22.5 Å². The van der Waals surface area contributed by atoms with E-state index in [1.54, 1.807) is 6.07 Å². The van der Waals surface area contributed by atoms with Crippen molar-refractivity contribution in [1.82, 2.24) is 9.55 Å². The zero-order chi connectivity index (χ0) is 13.4. The summed E-state index contributed by atoms with van der Waals surface area (Å²) in [6.07, 6.45) is 1.92. The number of halogens is 1. The van der Waals surface area contributed by atoms with Crippen molar-refractivity contribution in [2.45, 2.75) is 0 Å². The van der Waals surface area contributed by atoms with Crippen LogP contribution in [-0.4, -0.2) is 9.55 Å². The molecule has 19 heavy (non-hydrogen) atoms. The van der Waals surface area contributed by atoms with Gasteiger partial charge in [0.2, 0.25) is 0 Å². The summed E-state index contributed by atoms with van der Waals surface area (Å²) in [5.74, 6) is 0. The Labute approximate surface area is 119 Å². The normalized spacial score (nSPS) is 10.8. The van der Waals surface area contributed by atoms with Gasteiger partial charge >= 0.3 is 0 Å². The van der Waals surface area contributed by atoms with E-state index in [1.807, 2.05) is 54.2 Å². The molecule has 0 spiro atoms. The highest BCUT2D eigenvalue weighted by atomic mass is 79.9. The molecule has 4 heteroatoms. The second-order valence-corrected chi connectivity index (χ2v) is 5.29. The van der Waals surface area contributed by atoms with Crippen LogP contribution in [0.4, 0.5) is 0 Å². The van der Waals surface area contributed by atoms with Gasteiger partial charge in [-0.2, -0.15) is 0 Å². The zero-order valence-electron chi connectivity index (χ0n) is 10.3. The first-order valence-electron chi connectivity index (χ1n) is 5.87. The number of hydrogen-bond donors (Lipinski definition) is 0. The lowest BCUT2D eigenvalue weighted by Crippen LogP contribution is -2.14. The van der Waals surface area contributed by atoms with Crippen molar-refractivity contribution in [1.29, 1.82) is 0 Å². The molecule has 0 amide bonds. The lowest BCUT2D eigenvalue weighted by Gasteiger charge is -2.11. The average molecular weight is 315 g/mol. The Morgan fingerprint density at radius 3 is 2.63 bits per heavy atom. The Morgan fingerprint density at radius 2 is 1.89 bits per heavy atom. The molecular weight excluding hydrogens is 304 g/mol. The van der Waals surface area contributed by atoms with Gasteiger partial charge in [-0.1, -0.05) is 28.1 Å². The van der Waals surface area contributed by atoms with Gasteiger partial charge < -0.3 is 4.57 Å². The Balaban J connectivity index is 2.26. The van der Waals surface area contributed by atoms with Gasteiger partial charge in [-0.3, -0.25) is 4.79 Å². The van der Waals surface area contributed by atoms with E-state index in [2.05, 4.69) is 20.9 Å². The van der Waals surface area contributed by atoms with Gasteiger partial charge in [0.05, 0.1) is 17.0 Å². The van der Waals surface area contributed by atoms with Crippen molar-refractivity contribution >= 4 is 15.9 Å². The molecule has 0 aromatic heterocycles. The maximum atomic E-state index is 12.1. The van der Waals surface area contributed by atoms with E-state index in [0.717, 1.165) is 15.7 Å². The lowest BCUT2D eigenvalue weighted by atomic mass is 10.1. The van der Waals surface area contributed by atoms with Gasteiger partial charge in [0.1, 0.15) is 0 Å². The molecule has 2 aliphatic rings. The third-order valence-electron chi connectivity index (χ3n) is 3.09. The first kappa shape index (κ1) is 12.1. The van der Waals surface area contributed by atoms with Gasteiger partial charge in [-0.15, -0.1) is 0 Å². The molecule has 94 valence electrons. The largest absolute Gasteiger partial charge is 0.350 e. The number of fused-ring (bicyclic) bond motifs is 1. The number of aryl methyl sites for hydroxylation is 1. The molecule has 0 saturated heterocycles. The van der Waals surface area contributed by atoms with E-state index in [4.69, 9.17) is 0 Å². The molecule has 0 N–H and O–H groups in total. The van der Waals surface area contributed by atoms with Crippen molar-refractivity contribution in [2.75, 3.05) is 0 Å². The van der Waals surface area contributed by atoms with Crippen LogP contribution in [0.2, 0.25) is 0 Å². The smallest absolute Gasteiger partial charge is 0.279 e. The van der Waals surface area contributed by atoms with Gasteiger partial charge in [0, 0.05) is 23.3 Å². The Kier molecular flexibility index (Phi) is 2.95. The molecule has 3 rings (SSSR count). The molecule has 2 aliphatic heterocycles. The van der Waals surface area contributed by atoms with Gasteiger partial charge in [0.25, 0.3) is 5.56 Å². The molecule has 0 unspecified atom stereocenters. The summed E-state index contributed by atoms with van der Waals surface area (Å²) in [5.41, 5.74) is 2.98. The highest BCUT2D eigenvalue weighted by Gasteiger charge is 2.12. The number of nitrogens with zero attached hydrogens (tertiary/aromatic N) is 2. The lowest BCUT2D eigenvalue weighted by molar-refractivity contribution is 0.906. The number of benzene rings is 1. The Morgan fingerprint density at radius 1 is 1.16 bits per heavy atom. The average Bonchev–Trinajstić information content (AvgIpc) is 2.41. The minimum Gasteiger partial charge on any atom is -0.350 e. The second kappa shape index (κ2) is 4.63. The second-order valence-electron chi connectivity index (χ2n) is 4.37. The van der Waals surface area contributed by atoms with E-state index < -0.39 is 0 Å². The van der Waals surface area contributed by atoms with Crippen LogP contribution in [0.15, 0.2) is 57.9 Å². The fourth-order valence-electron chi connectivity index (χ4n) is 2.08. The van der Waals surface area contributed by atoms with E-state index in [-0.39, 0.29) is 5.56 Å². The summed E-state index contributed by atoms with van der Waals surface area (Å²) in [4.78, 5) is 16.2.